The van der Waals surface area contributed by atoms with Gasteiger partial charge >= 0.3 is 0 Å². The second-order valence-electron chi connectivity index (χ2n) is 5.12. The zero-order valence-electron chi connectivity index (χ0n) is 9.00. The van der Waals surface area contributed by atoms with Crippen LogP contribution in [0.4, 0.5) is 0 Å². The predicted molar refractivity (Wildman–Crippen MR) is 55.0 cm³/mol. The van der Waals surface area contributed by atoms with Gasteiger partial charge in [0, 0.05) is 0 Å². The quantitative estimate of drug-likeness (QED) is 0.729. The van der Waals surface area contributed by atoms with Crippen molar-refractivity contribution in [1.29, 1.82) is 0 Å². The van der Waals surface area contributed by atoms with E-state index in [9.17, 15) is 4.79 Å². The molecular weight excluding hydrogens is 192 g/mol. The Morgan fingerprint density at radius 2 is 2.40 bits per heavy atom. The van der Waals surface area contributed by atoms with Crippen LogP contribution < -0.4 is 5.32 Å². The van der Waals surface area contributed by atoms with Gasteiger partial charge in [-0.3, -0.25) is 9.63 Å². The first-order chi connectivity index (χ1) is 7.27. The highest BCUT2D eigenvalue weighted by atomic mass is 16.7. The zero-order valence-corrected chi connectivity index (χ0v) is 9.00. The standard InChI is InChI=1S/C11H18N2O2/c14-10-6-11(3-4-11)15-13(10)8-9-2-1-5-12-7-9/h9,12H,1-8H2. The molecule has 84 valence electrons. The number of hydroxylamine groups is 2. The van der Waals surface area contributed by atoms with E-state index in [0.717, 1.165) is 32.5 Å². The summed E-state index contributed by atoms with van der Waals surface area (Å²) in [5.41, 5.74) is -0.0564. The van der Waals surface area contributed by atoms with Crippen LogP contribution in [0.1, 0.15) is 32.1 Å². The summed E-state index contributed by atoms with van der Waals surface area (Å²) in [5.74, 6) is 0.773. The lowest BCUT2D eigenvalue weighted by Gasteiger charge is -2.26. The van der Waals surface area contributed by atoms with Gasteiger partial charge in [-0.05, 0) is 44.7 Å². The molecule has 0 radical (unpaired) electrons. The van der Waals surface area contributed by atoms with Crippen molar-refractivity contribution in [2.45, 2.75) is 37.7 Å². The van der Waals surface area contributed by atoms with Crippen molar-refractivity contribution in [3.8, 4) is 0 Å². The minimum atomic E-state index is -0.0564. The lowest BCUT2D eigenvalue weighted by atomic mass is 10.00. The van der Waals surface area contributed by atoms with Gasteiger partial charge in [0.2, 0.25) is 5.91 Å². The van der Waals surface area contributed by atoms with E-state index in [-0.39, 0.29) is 11.5 Å². The molecule has 4 nitrogen and oxygen atoms in total. The molecule has 0 aromatic carbocycles. The molecule has 1 amide bonds. The van der Waals surface area contributed by atoms with Crippen LogP contribution >= 0.6 is 0 Å². The van der Waals surface area contributed by atoms with Crippen molar-refractivity contribution in [3.63, 3.8) is 0 Å². The molecule has 1 spiro atoms. The normalized spacial score (nSPS) is 33.7. The molecule has 1 unspecified atom stereocenters. The molecule has 0 aromatic rings. The summed E-state index contributed by atoms with van der Waals surface area (Å²) in [6, 6.07) is 0. The molecule has 1 N–H and O–H groups in total. The maximum atomic E-state index is 11.7. The van der Waals surface area contributed by atoms with E-state index < -0.39 is 0 Å². The average molecular weight is 210 g/mol. The van der Waals surface area contributed by atoms with Crippen LogP contribution in [0.5, 0.6) is 0 Å². The summed E-state index contributed by atoms with van der Waals surface area (Å²) in [6.45, 7) is 2.93. The summed E-state index contributed by atoms with van der Waals surface area (Å²) in [6.07, 6.45) is 5.19. The van der Waals surface area contributed by atoms with E-state index in [2.05, 4.69) is 5.32 Å². The molecule has 3 aliphatic rings. The number of hydrogen-bond acceptors (Lipinski definition) is 3. The monoisotopic (exact) mass is 210 g/mol. The number of nitrogens with zero attached hydrogens (tertiary/aromatic N) is 1. The minimum Gasteiger partial charge on any atom is -0.316 e. The Kier molecular flexibility index (Phi) is 2.21. The third-order valence-corrected chi connectivity index (χ3v) is 3.69. The molecule has 2 heterocycles. The van der Waals surface area contributed by atoms with Gasteiger partial charge in [-0.15, -0.1) is 0 Å². The maximum Gasteiger partial charge on any atom is 0.249 e. The Morgan fingerprint density at radius 3 is 3.00 bits per heavy atom. The highest BCUT2D eigenvalue weighted by Crippen LogP contribution is 2.47. The van der Waals surface area contributed by atoms with Gasteiger partial charge in [-0.25, -0.2) is 5.06 Å². The van der Waals surface area contributed by atoms with Crippen LogP contribution in [0.3, 0.4) is 0 Å². The Morgan fingerprint density at radius 1 is 1.53 bits per heavy atom. The molecule has 1 aliphatic carbocycles. The zero-order chi connectivity index (χ0) is 10.3. The molecule has 1 saturated carbocycles. The fraction of sp³-hybridized carbons (Fsp3) is 0.909. The molecule has 0 aromatic heterocycles. The van der Waals surface area contributed by atoms with Gasteiger partial charge < -0.3 is 5.32 Å². The Balaban J connectivity index is 1.56. The third kappa shape index (κ3) is 1.88. The molecule has 3 fully saturated rings. The van der Waals surface area contributed by atoms with E-state index in [1.165, 1.54) is 12.8 Å². The summed E-state index contributed by atoms with van der Waals surface area (Å²) in [4.78, 5) is 17.4. The van der Waals surface area contributed by atoms with Gasteiger partial charge in [0.15, 0.2) is 0 Å². The van der Waals surface area contributed by atoms with Crippen LogP contribution in [0.25, 0.3) is 0 Å². The van der Waals surface area contributed by atoms with Gasteiger partial charge in [0.1, 0.15) is 5.60 Å². The number of amides is 1. The van der Waals surface area contributed by atoms with Gasteiger partial charge in [0.05, 0.1) is 13.0 Å². The maximum absolute atomic E-state index is 11.7. The number of nitrogens with one attached hydrogen (secondary N) is 1. The lowest BCUT2D eigenvalue weighted by molar-refractivity contribution is -0.182. The summed E-state index contributed by atoms with van der Waals surface area (Å²) >= 11 is 0. The molecule has 2 aliphatic heterocycles. The van der Waals surface area contributed by atoms with Crippen molar-refractivity contribution in [2.24, 2.45) is 5.92 Å². The molecule has 0 bridgehead atoms. The number of carbonyl (C=O) groups is 1. The topological polar surface area (TPSA) is 41.6 Å². The van der Waals surface area contributed by atoms with E-state index in [4.69, 9.17) is 4.84 Å². The van der Waals surface area contributed by atoms with Crippen molar-refractivity contribution in [3.05, 3.63) is 0 Å². The van der Waals surface area contributed by atoms with Crippen LogP contribution in [0, 0.1) is 5.92 Å². The number of piperidine rings is 1. The highest BCUT2D eigenvalue weighted by molar-refractivity contribution is 5.78. The molecule has 3 rings (SSSR count). The van der Waals surface area contributed by atoms with Crippen LogP contribution in [0.15, 0.2) is 0 Å². The number of hydrogen-bond donors (Lipinski definition) is 1. The van der Waals surface area contributed by atoms with Crippen LogP contribution in [-0.4, -0.2) is 36.2 Å². The van der Waals surface area contributed by atoms with Crippen molar-refractivity contribution < 1.29 is 9.63 Å². The third-order valence-electron chi connectivity index (χ3n) is 3.69. The highest BCUT2D eigenvalue weighted by Gasteiger charge is 2.54. The number of rotatable bonds is 2. The Labute approximate surface area is 89.9 Å². The minimum absolute atomic E-state index is 0.0564. The SMILES string of the molecule is O=C1CC2(CC2)ON1CC1CCCNC1. The lowest BCUT2D eigenvalue weighted by Crippen LogP contribution is -2.38. The Bertz CT molecular complexity index is 270. The van der Waals surface area contributed by atoms with Crippen molar-refractivity contribution in [2.75, 3.05) is 19.6 Å². The predicted octanol–water partition coefficient (Wildman–Crippen LogP) is 0.682. The van der Waals surface area contributed by atoms with Gasteiger partial charge in [0.25, 0.3) is 0 Å². The first kappa shape index (κ1) is 9.60. The Hall–Kier alpha value is -0.610. The molecular formula is C11H18N2O2. The molecule has 2 saturated heterocycles. The van der Waals surface area contributed by atoms with Crippen molar-refractivity contribution >= 4 is 5.91 Å². The smallest absolute Gasteiger partial charge is 0.249 e. The fourth-order valence-corrected chi connectivity index (χ4v) is 2.54. The van der Waals surface area contributed by atoms with E-state index in [1.54, 1.807) is 5.06 Å². The average Bonchev–Trinajstić information content (AvgIpc) is 2.91. The van der Waals surface area contributed by atoms with Crippen LogP contribution in [-0.2, 0) is 9.63 Å². The first-order valence-corrected chi connectivity index (χ1v) is 5.98. The van der Waals surface area contributed by atoms with E-state index >= 15 is 0 Å². The summed E-state index contributed by atoms with van der Waals surface area (Å²) < 4.78 is 0. The largest absolute Gasteiger partial charge is 0.316 e. The van der Waals surface area contributed by atoms with Crippen LogP contribution in [0.2, 0.25) is 0 Å². The van der Waals surface area contributed by atoms with Gasteiger partial charge in [-0.1, -0.05) is 0 Å². The fourth-order valence-electron chi connectivity index (χ4n) is 2.54. The summed E-state index contributed by atoms with van der Waals surface area (Å²) in [7, 11) is 0. The van der Waals surface area contributed by atoms with Crippen molar-refractivity contribution in [1.82, 2.24) is 10.4 Å². The second kappa shape index (κ2) is 3.46. The second-order valence-corrected chi connectivity index (χ2v) is 5.12. The number of carbonyl (C=O) groups excluding carboxylic acids is 1. The molecule has 1 atom stereocenters. The van der Waals surface area contributed by atoms with E-state index in [1.807, 2.05) is 0 Å². The van der Waals surface area contributed by atoms with E-state index in [0.29, 0.717) is 12.3 Å². The molecule has 4 heteroatoms. The summed E-state index contributed by atoms with van der Waals surface area (Å²) in [5, 5.41) is 5.00. The molecule has 15 heavy (non-hydrogen) atoms. The first-order valence-electron chi connectivity index (χ1n) is 5.98. The van der Waals surface area contributed by atoms with Gasteiger partial charge in [-0.2, -0.15) is 0 Å².